The third-order valence-corrected chi connectivity index (χ3v) is 5.06. The third kappa shape index (κ3) is 3.07. The van der Waals surface area contributed by atoms with Gasteiger partial charge in [0.25, 0.3) is 0 Å². The topological polar surface area (TPSA) is 50.3 Å². The summed E-state index contributed by atoms with van der Waals surface area (Å²) in [6.07, 6.45) is 5.30. The molecule has 3 heterocycles. The fourth-order valence-corrected chi connectivity index (χ4v) is 3.69. The highest BCUT2D eigenvalue weighted by molar-refractivity contribution is 5.84. The van der Waals surface area contributed by atoms with E-state index in [-0.39, 0.29) is 11.9 Å². The molecule has 4 rings (SSSR count). The van der Waals surface area contributed by atoms with Crippen LogP contribution in [0.1, 0.15) is 23.7 Å². The van der Waals surface area contributed by atoms with E-state index in [2.05, 4.69) is 27.8 Å². The zero-order valence-electron chi connectivity index (χ0n) is 14.4. The Morgan fingerprint density at radius 1 is 1.28 bits per heavy atom. The number of carbonyl (C=O) groups is 1. The van der Waals surface area contributed by atoms with E-state index in [1.165, 1.54) is 10.9 Å². The zero-order chi connectivity index (χ0) is 17.2. The van der Waals surface area contributed by atoms with Crippen LogP contribution in [-0.4, -0.2) is 40.1 Å². The van der Waals surface area contributed by atoms with E-state index in [1.54, 1.807) is 0 Å². The Morgan fingerprint density at radius 2 is 2.16 bits per heavy atom. The molecule has 1 saturated heterocycles. The van der Waals surface area contributed by atoms with E-state index < -0.39 is 0 Å². The van der Waals surface area contributed by atoms with Crippen LogP contribution in [-0.2, 0) is 23.0 Å². The Kier molecular flexibility index (Phi) is 4.32. The van der Waals surface area contributed by atoms with Crippen molar-refractivity contribution in [3.05, 3.63) is 60.0 Å². The maximum absolute atomic E-state index is 12.9. The number of aromatic nitrogens is 2. The first-order valence-electron chi connectivity index (χ1n) is 8.77. The van der Waals surface area contributed by atoms with Gasteiger partial charge in [-0.25, -0.2) is 0 Å². The summed E-state index contributed by atoms with van der Waals surface area (Å²) in [6.45, 7) is 1.83. The molecule has 2 aromatic heterocycles. The lowest BCUT2D eigenvalue weighted by Gasteiger charge is -2.36. The molecule has 1 N–H and O–H groups in total. The third-order valence-electron chi connectivity index (χ3n) is 5.06. The number of hydrogen-bond acceptors (Lipinski definition) is 2. The Morgan fingerprint density at radius 3 is 3.00 bits per heavy atom. The molecule has 25 heavy (non-hydrogen) atoms. The van der Waals surface area contributed by atoms with Gasteiger partial charge in [0.2, 0.25) is 5.91 Å². The number of para-hydroxylation sites is 1. The number of morpholine rings is 1. The van der Waals surface area contributed by atoms with E-state index in [0.717, 1.165) is 17.6 Å². The summed E-state index contributed by atoms with van der Waals surface area (Å²) < 4.78 is 7.71. The van der Waals surface area contributed by atoms with Crippen LogP contribution < -0.4 is 0 Å². The van der Waals surface area contributed by atoms with Crippen molar-refractivity contribution in [2.45, 2.75) is 18.9 Å². The fourth-order valence-electron chi connectivity index (χ4n) is 3.69. The van der Waals surface area contributed by atoms with Crippen LogP contribution in [0.15, 0.2) is 48.8 Å². The van der Waals surface area contributed by atoms with Crippen LogP contribution in [0.4, 0.5) is 0 Å². The molecule has 5 heteroatoms. The quantitative estimate of drug-likeness (QED) is 0.795. The van der Waals surface area contributed by atoms with Gasteiger partial charge >= 0.3 is 0 Å². The van der Waals surface area contributed by atoms with Gasteiger partial charge in [-0.3, -0.25) is 4.79 Å². The van der Waals surface area contributed by atoms with Crippen molar-refractivity contribution in [1.29, 1.82) is 0 Å². The van der Waals surface area contributed by atoms with Gasteiger partial charge in [0.1, 0.15) is 0 Å². The van der Waals surface area contributed by atoms with Crippen molar-refractivity contribution in [1.82, 2.24) is 14.5 Å². The molecule has 0 radical (unpaired) electrons. The number of carbonyl (C=O) groups excluding carboxylic acids is 1. The smallest absolute Gasteiger partial charge is 0.223 e. The Labute approximate surface area is 147 Å². The van der Waals surface area contributed by atoms with Gasteiger partial charge in [-0.15, -0.1) is 0 Å². The monoisotopic (exact) mass is 337 g/mol. The molecule has 1 aliphatic rings. The van der Waals surface area contributed by atoms with Crippen molar-refractivity contribution in [2.75, 3.05) is 19.8 Å². The first kappa shape index (κ1) is 16.0. The molecule has 0 bridgehead atoms. The maximum Gasteiger partial charge on any atom is 0.223 e. The lowest BCUT2D eigenvalue weighted by molar-refractivity contribution is -0.140. The minimum atomic E-state index is 0.00391. The molecule has 1 amide bonds. The highest BCUT2D eigenvalue weighted by Crippen LogP contribution is 2.26. The summed E-state index contributed by atoms with van der Waals surface area (Å²) in [5.74, 6) is 0.194. The van der Waals surface area contributed by atoms with Crippen molar-refractivity contribution < 1.29 is 9.53 Å². The van der Waals surface area contributed by atoms with Crippen LogP contribution in [0, 0.1) is 0 Å². The number of hydrogen-bond donors (Lipinski definition) is 1. The predicted molar refractivity (Wildman–Crippen MR) is 97.3 cm³/mol. The van der Waals surface area contributed by atoms with E-state index in [1.807, 2.05) is 42.5 Å². The SMILES string of the molecule is Cn1cccc1[C@H]1COCCN1C(=O)CCc1c[nH]c2ccccc12. The van der Waals surface area contributed by atoms with E-state index >= 15 is 0 Å². The van der Waals surface area contributed by atoms with Gasteiger partial charge in [-0.2, -0.15) is 0 Å². The number of benzene rings is 1. The molecule has 1 aromatic carbocycles. The van der Waals surface area contributed by atoms with Crippen LogP contribution in [0.3, 0.4) is 0 Å². The molecule has 130 valence electrons. The van der Waals surface area contributed by atoms with Crippen LogP contribution >= 0.6 is 0 Å². The summed E-state index contributed by atoms with van der Waals surface area (Å²) in [6, 6.07) is 12.3. The minimum Gasteiger partial charge on any atom is -0.377 e. The molecule has 5 nitrogen and oxygen atoms in total. The first-order valence-corrected chi connectivity index (χ1v) is 8.77. The normalized spacial score (nSPS) is 18.0. The van der Waals surface area contributed by atoms with Gasteiger partial charge in [-0.1, -0.05) is 18.2 Å². The van der Waals surface area contributed by atoms with Gasteiger partial charge in [-0.05, 0) is 30.2 Å². The molecule has 0 aliphatic carbocycles. The molecule has 0 spiro atoms. The van der Waals surface area contributed by atoms with Gasteiger partial charge in [0.15, 0.2) is 0 Å². The minimum absolute atomic E-state index is 0.00391. The maximum atomic E-state index is 12.9. The second kappa shape index (κ2) is 6.76. The fraction of sp³-hybridized carbons (Fsp3) is 0.350. The van der Waals surface area contributed by atoms with Crippen LogP contribution in [0.5, 0.6) is 0 Å². The molecular formula is C20H23N3O2. The largest absolute Gasteiger partial charge is 0.377 e. The van der Waals surface area contributed by atoms with E-state index in [0.29, 0.717) is 26.2 Å². The molecule has 1 fully saturated rings. The highest BCUT2D eigenvalue weighted by Gasteiger charge is 2.29. The number of fused-ring (bicyclic) bond motifs is 1. The molecule has 0 unspecified atom stereocenters. The molecule has 3 aromatic rings. The van der Waals surface area contributed by atoms with E-state index in [4.69, 9.17) is 4.74 Å². The number of nitrogens with one attached hydrogen (secondary N) is 1. The highest BCUT2D eigenvalue weighted by atomic mass is 16.5. The molecular weight excluding hydrogens is 314 g/mol. The number of rotatable bonds is 4. The molecule has 1 atom stereocenters. The number of aryl methyl sites for hydroxylation is 2. The Hall–Kier alpha value is -2.53. The van der Waals surface area contributed by atoms with Crippen molar-refractivity contribution in [2.24, 2.45) is 7.05 Å². The molecule has 1 aliphatic heterocycles. The van der Waals surface area contributed by atoms with Gasteiger partial charge in [0.05, 0.1) is 19.3 Å². The summed E-state index contributed by atoms with van der Waals surface area (Å²) in [4.78, 5) is 18.2. The van der Waals surface area contributed by atoms with Crippen molar-refractivity contribution in [3.63, 3.8) is 0 Å². The first-order chi connectivity index (χ1) is 12.2. The van der Waals surface area contributed by atoms with Gasteiger partial charge in [0, 0.05) is 49.0 Å². The van der Waals surface area contributed by atoms with Crippen LogP contribution in [0.25, 0.3) is 10.9 Å². The van der Waals surface area contributed by atoms with Crippen molar-refractivity contribution in [3.8, 4) is 0 Å². The summed E-state index contributed by atoms with van der Waals surface area (Å²) in [5.41, 5.74) is 3.45. The Bertz CT molecular complexity index is 880. The number of aromatic amines is 1. The number of H-pyrrole nitrogens is 1. The average molecular weight is 337 g/mol. The summed E-state index contributed by atoms with van der Waals surface area (Å²) in [5, 5.41) is 1.20. The second-order valence-corrected chi connectivity index (χ2v) is 6.58. The summed E-state index contributed by atoms with van der Waals surface area (Å²) >= 11 is 0. The molecule has 0 saturated carbocycles. The second-order valence-electron chi connectivity index (χ2n) is 6.58. The lowest BCUT2D eigenvalue weighted by atomic mass is 10.1. The predicted octanol–water partition coefficient (Wildman–Crippen LogP) is 3.04. The van der Waals surface area contributed by atoms with Crippen LogP contribution in [0.2, 0.25) is 0 Å². The Balaban J connectivity index is 1.48. The number of ether oxygens (including phenoxy) is 1. The average Bonchev–Trinajstić information content (AvgIpc) is 3.26. The van der Waals surface area contributed by atoms with Gasteiger partial charge < -0.3 is 19.2 Å². The number of nitrogens with zero attached hydrogens (tertiary/aromatic N) is 2. The van der Waals surface area contributed by atoms with E-state index in [9.17, 15) is 4.79 Å². The lowest BCUT2D eigenvalue weighted by Crippen LogP contribution is -2.44. The zero-order valence-corrected chi connectivity index (χ0v) is 14.4. The van der Waals surface area contributed by atoms with Crippen molar-refractivity contribution >= 4 is 16.8 Å². The number of amides is 1. The standard InChI is InChI=1S/C20H23N3O2/c1-22-10-4-7-18(22)19-14-25-12-11-23(19)20(24)9-8-15-13-21-17-6-3-2-5-16(15)17/h2-7,10,13,19,21H,8-9,11-12,14H2,1H3/t19-/m1/s1. The summed E-state index contributed by atoms with van der Waals surface area (Å²) in [7, 11) is 2.01.